The van der Waals surface area contributed by atoms with Gasteiger partial charge in [-0.3, -0.25) is 4.79 Å². The summed E-state index contributed by atoms with van der Waals surface area (Å²) in [7, 11) is 1.64. The van der Waals surface area contributed by atoms with Crippen LogP contribution in [0.1, 0.15) is 44.6 Å². The van der Waals surface area contributed by atoms with Crippen molar-refractivity contribution < 1.29 is 14.6 Å². The van der Waals surface area contributed by atoms with E-state index >= 15 is 0 Å². The monoisotopic (exact) mass is 279 g/mol. The highest BCUT2D eigenvalue weighted by Crippen LogP contribution is 2.28. The van der Waals surface area contributed by atoms with Gasteiger partial charge in [-0.25, -0.2) is 0 Å². The van der Waals surface area contributed by atoms with E-state index < -0.39 is 0 Å². The molecule has 0 saturated carbocycles. The zero-order valence-electron chi connectivity index (χ0n) is 12.6. The number of methoxy groups -OCH3 is 1. The summed E-state index contributed by atoms with van der Waals surface area (Å²) in [5.41, 5.74) is 1.04. The van der Waals surface area contributed by atoms with E-state index in [1.54, 1.807) is 7.11 Å². The quantitative estimate of drug-likeness (QED) is 0.768. The Morgan fingerprint density at radius 2 is 2.10 bits per heavy atom. The number of para-hydroxylation sites is 1. The molecule has 2 N–H and O–H groups in total. The van der Waals surface area contributed by atoms with E-state index in [1.807, 2.05) is 38.1 Å². The van der Waals surface area contributed by atoms with Gasteiger partial charge < -0.3 is 15.2 Å². The first kappa shape index (κ1) is 16.5. The predicted molar refractivity (Wildman–Crippen MR) is 80.0 cm³/mol. The van der Waals surface area contributed by atoms with Crippen LogP contribution in [-0.4, -0.2) is 30.8 Å². The molecule has 0 aliphatic rings. The summed E-state index contributed by atoms with van der Waals surface area (Å²) in [6.07, 6.45) is 1.85. The van der Waals surface area contributed by atoms with Crippen LogP contribution in [0.15, 0.2) is 24.3 Å². The molecule has 0 saturated heterocycles. The number of aliphatic hydroxyl groups excluding tert-OH is 1. The maximum atomic E-state index is 12.0. The molecule has 4 nitrogen and oxygen atoms in total. The summed E-state index contributed by atoms with van der Waals surface area (Å²) in [6, 6.07) is 7.82. The van der Waals surface area contributed by atoms with E-state index in [0.29, 0.717) is 12.8 Å². The van der Waals surface area contributed by atoms with Crippen molar-refractivity contribution in [3.8, 4) is 5.75 Å². The molecule has 4 heteroatoms. The topological polar surface area (TPSA) is 58.6 Å². The largest absolute Gasteiger partial charge is 0.496 e. The number of nitrogens with one attached hydrogen (secondary N) is 1. The number of carbonyl (C=O) groups is 1. The van der Waals surface area contributed by atoms with Crippen molar-refractivity contribution in [3.05, 3.63) is 29.8 Å². The molecule has 112 valence electrons. The lowest BCUT2D eigenvalue weighted by molar-refractivity contribution is -0.122. The summed E-state index contributed by atoms with van der Waals surface area (Å²) in [5, 5.41) is 11.9. The Morgan fingerprint density at radius 3 is 2.70 bits per heavy atom. The molecule has 20 heavy (non-hydrogen) atoms. The normalized spacial score (nSPS) is 13.6. The molecule has 0 heterocycles. The lowest BCUT2D eigenvalue weighted by Crippen LogP contribution is -2.35. The van der Waals surface area contributed by atoms with Gasteiger partial charge in [-0.2, -0.15) is 0 Å². The van der Waals surface area contributed by atoms with E-state index in [1.165, 1.54) is 0 Å². The van der Waals surface area contributed by atoms with Crippen LogP contribution in [0.3, 0.4) is 0 Å². The van der Waals surface area contributed by atoms with Crippen LogP contribution < -0.4 is 10.1 Å². The first-order valence-electron chi connectivity index (χ1n) is 7.15. The second-order valence-corrected chi connectivity index (χ2v) is 5.03. The molecule has 0 bridgehead atoms. The molecule has 0 fully saturated rings. The number of ether oxygens (including phenoxy) is 1. The summed E-state index contributed by atoms with van der Waals surface area (Å²) >= 11 is 0. The Balaban J connectivity index is 2.61. The third-order valence-electron chi connectivity index (χ3n) is 3.50. The Labute approximate surface area is 121 Å². The van der Waals surface area contributed by atoms with Gasteiger partial charge in [0.1, 0.15) is 5.75 Å². The summed E-state index contributed by atoms with van der Waals surface area (Å²) < 4.78 is 5.32. The molecule has 1 amide bonds. The maximum Gasteiger partial charge on any atom is 0.220 e. The highest BCUT2D eigenvalue weighted by molar-refractivity contribution is 5.77. The highest BCUT2D eigenvalue weighted by atomic mass is 16.5. The Bertz CT molecular complexity index is 420. The molecular formula is C16H25NO3. The molecule has 1 rings (SSSR count). The van der Waals surface area contributed by atoms with Gasteiger partial charge >= 0.3 is 0 Å². The Hall–Kier alpha value is -1.55. The molecule has 2 unspecified atom stereocenters. The minimum absolute atomic E-state index is 0.0173. The molecule has 2 atom stereocenters. The van der Waals surface area contributed by atoms with Crippen LogP contribution in [0.25, 0.3) is 0 Å². The number of amides is 1. The number of benzene rings is 1. The summed E-state index contributed by atoms with van der Waals surface area (Å²) in [6.45, 7) is 4.12. The lowest BCUT2D eigenvalue weighted by Gasteiger charge is -2.19. The maximum absolute atomic E-state index is 12.0. The molecule has 0 aromatic heterocycles. The third-order valence-corrected chi connectivity index (χ3v) is 3.50. The van der Waals surface area contributed by atoms with Crippen LogP contribution in [-0.2, 0) is 4.79 Å². The fourth-order valence-corrected chi connectivity index (χ4v) is 2.28. The molecule has 0 spiro atoms. The first-order valence-corrected chi connectivity index (χ1v) is 7.15. The van der Waals surface area contributed by atoms with E-state index in [9.17, 15) is 4.79 Å². The fourth-order valence-electron chi connectivity index (χ4n) is 2.28. The van der Waals surface area contributed by atoms with Crippen molar-refractivity contribution in [1.82, 2.24) is 5.32 Å². The number of hydrogen-bond acceptors (Lipinski definition) is 3. The first-order chi connectivity index (χ1) is 9.62. The molecule has 1 aromatic rings. The van der Waals surface area contributed by atoms with Crippen LogP contribution >= 0.6 is 0 Å². The third kappa shape index (κ3) is 4.85. The molecule has 0 aliphatic heterocycles. The Morgan fingerprint density at radius 1 is 1.40 bits per heavy atom. The van der Waals surface area contributed by atoms with Gasteiger partial charge in [-0.05, 0) is 30.4 Å². The summed E-state index contributed by atoms with van der Waals surface area (Å²) in [4.78, 5) is 12.0. The number of rotatable bonds is 8. The molecular weight excluding hydrogens is 254 g/mol. The lowest BCUT2D eigenvalue weighted by atomic mass is 9.96. The zero-order valence-corrected chi connectivity index (χ0v) is 12.6. The molecule has 0 aliphatic carbocycles. The van der Waals surface area contributed by atoms with Crippen molar-refractivity contribution in [3.63, 3.8) is 0 Å². The predicted octanol–water partition coefficient (Wildman–Crippen LogP) is 2.47. The average molecular weight is 279 g/mol. The SMILES string of the molecule is CCC(CCO)NC(=O)CC(C)c1ccccc1OC. The van der Waals surface area contributed by atoms with Crippen molar-refractivity contribution in [2.24, 2.45) is 0 Å². The highest BCUT2D eigenvalue weighted by Gasteiger charge is 2.16. The van der Waals surface area contributed by atoms with Crippen LogP contribution in [0.5, 0.6) is 5.75 Å². The Kier molecular flexibility index (Phi) is 7.09. The smallest absolute Gasteiger partial charge is 0.220 e. The second-order valence-electron chi connectivity index (χ2n) is 5.03. The number of hydrogen-bond donors (Lipinski definition) is 2. The van der Waals surface area contributed by atoms with Gasteiger partial charge in [0.25, 0.3) is 0 Å². The van der Waals surface area contributed by atoms with Crippen molar-refractivity contribution in [1.29, 1.82) is 0 Å². The number of carbonyl (C=O) groups excluding carboxylic acids is 1. The van der Waals surface area contributed by atoms with Crippen molar-refractivity contribution in [2.45, 2.75) is 45.1 Å². The van der Waals surface area contributed by atoms with E-state index in [0.717, 1.165) is 17.7 Å². The minimum atomic E-state index is 0.0173. The fraction of sp³-hybridized carbons (Fsp3) is 0.562. The van der Waals surface area contributed by atoms with Crippen molar-refractivity contribution >= 4 is 5.91 Å². The van der Waals surface area contributed by atoms with Gasteiger partial charge in [0.2, 0.25) is 5.91 Å². The van der Waals surface area contributed by atoms with Gasteiger partial charge in [-0.1, -0.05) is 32.0 Å². The minimum Gasteiger partial charge on any atom is -0.496 e. The standard InChI is InChI=1S/C16H25NO3/c1-4-13(9-10-18)17-16(19)11-12(2)14-7-5-6-8-15(14)20-3/h5-8,12-13,18H,4,9-11H2,1-3H3,(H,17,19). The van der Waals surface area contributed by atoms with Gasteiger partial charge in [0, 0.05) is 19.1 Å². The van der Waals surface area contributed by atoms with Crippen LogP contribution in [0.4, 0.5) is 0 Å². The average Bonchev–Trinajstić information content (AvgIpc) is 2.46. The van der Waals surface area contributed by atoms with E-state index in [4.69, 9.17) is 9.84 Å². The zero-order chi connectivity index (χ0) is 15.0. The van der Waals surface area contributed by atoms with Gasteiger partial charge in [0.15, 0.2) is 0 Å². The van der Waals surface area contributed by atoms with E-state index in [2.05, 4.69) is 5.32 Å². The number of aliphatic hydroxyl groups is 1. The van der Waals surface area contributed by atoms with Crippen molar-refractivity contribution in [2.75, 3.05) is 13.7 Å². The van der Waals surface area contributed by atoms with Crippen LogP contribution in [0, 0.1) is 0 Å². The summed E-state index contributed by atoms with van der Waals surface area (Å²) in [5.74, 6) is 0.927. The van der Waals surface area contributed by atoms with E-state index in [-0.39, 0.29) is 24.5 Å². The second kappa shape index (κ2) is 8.59. The van der Waals surface area contributed by atoms with Crippen LogP contribution in [0.2, 0.25) is 0 Å². The molecule has 1 aromatic carbocycles. The molecule has 0 radical (unpaired) electrons. The van der Waals surface area contributed by atoms with Gasteiger partial charge in [-0.15, -0.1) is 0 Å². The van der Waals surface area contributed by atoms with Gasteiger partial charge in [0.05, 0.1) is 7.11 Å².